The van der Waals surface area contributed by atoms with Crippen molar-refractivity contribution in [2.45, 2.75) is 50.4 Å². The molecule has 1 aliphatic carbocycles. The van der Waals surface area contributed by atoms with Crippen LogP contribution in [0.15, 0.2) is 0 Å². The first-order chi connectivity index (χ1) is 8.75. The second kappa shape index (κ2) is 4.91. The summed E-state index contributed by atoms with van der Waals surface area (Å²) < 4.78 is 5.44. The molecule has 0 bridgehead atoms. The molecule has 1 aliphatic heterocycles. The minimum absolute atomic E-state index is 0.269. The molecule has 1 saturated carbocycles. The van der Waals surface area contributed by atoms with E-state index in [1.807, 2.05) is 11.3 Å². The Hall–Kier alpha value is -0.450. The molecule has 0 unspecified atom stereocenters. The van der Waals surface area contributed by atoms with Gasteiger partial charge in [0.15, 0.2) is 0 Å². The monoisotopic (exact) mass is 266 g/mol. The summed E-state index contributed by atoms with van der Waals surface area (Å²) >= 11 is 1.93. The van der Waals surface area contributed by atoms with Crippen LogP contribution in [0.25, 0.3) is 0 Å². The van der Waals surface area contributed by atoms with E-state index in [-0.39, 0.29) is 5.41 Å². The van der Waals surface area contributed by atoms with Crippen molar-refractivity contribution in [2.75, 3.05) is 19.8 Å². The van der Waals surface area contributed by atoms with Crippen molar-refractivity contribution in [1.82, 2.24) is 4.98 Å². The second-order valence-electron chi connectivity index (χ2n) is 5.69. The fourth-order valence-electron chi connectivity index (χ4n) is 3.16. The molecule has 100 valence electrons. The van der Waals surface area contributed by atoms with Crippen molar-refractivity contribution in [1.29, 1.82) is 0 Å². The van der Waals surface area contributed by atoms with Crippen LogP contribution in [0.5, 0.6) is 0 Å². The topological polar surface area (TPSA) is 48.1 Å². The van der Waals surface area contributed by atoms with E-state index < -0.39 is 0 Å². The van der Waals surface area contributed by atoms with E-state index in [1.165, 1.54) is 34.8 Å². The highest BCUT2D eigenvalue weighted by Crippen LogP contribution is 2.47. The van der Waals surface area contributed by atoms with Gasteiger partial charge in [0.2, 0.25) is 0 Å². The molecule has 2 fully saturated rings. The Balaban J connectivity index is 1.85. The number of hydrogen-bond donors (Lipinski definition) is 1. The van der Waals surface area contributed by atoms with Gasteiger partial charge in [0, 0.05) is 36.0 Å². The molecule has 2 N–H and O–H groups in total. The minimum atomic E-state index is 0.269. The maximum absolute atomic E-state index is 6.02. The van der Waals surface area contributed by atoms with Gasteiger partial charge in [-0.15, -0.1) is 11.3 Å². The Kier molecular flexibility index (Phi) is 3.43. The van der Waals surface area contributed by atoms with Crippen molar-refractivity contribution in [3.63, 3.8) is 0 Å². The summed E-state index contributed by atoms with van der Waals surface area (Å²) in [6.07, 6.45) is 6.07. The van der Waals surface area contributed by atoms with E-state index in [0.717, 1.165) is 32.6 Å². The highest BCUT2D eigenvalue weighted by Gasteiger charge is 2.40. The molecule has 2 aliphatic rings. The van der Waals surface area contributed by atoms with Crippen molar-refractivity contribution in [3.8, 4) is 0 Å². The molecule has 1 aromatic rings. The first-order valence-electron chi connectivity index (χ1n) is 7.01. The van der Waals surface area contributed by atoms with Crippen LogP contribution in [0.3, 0.4) is 0 Å². The smallest absolute Gasteiger partial charge is 0.0963 e. The van der Waals surface area contributed by atoms with Gasteiger partial charge in [-0.05, 0) is 32.6 Å². The van der Waals surface area contributed by atoms with Gasteiger partial charge in [-0.3, -0.25) is 0 Å². The Morgan fingerprint density at radius 3 is 2.67 bits per heavy atom. The van der Waals surface area contributed by atoms with Crippen LogP contribution < -0.4 is 5.73 Å². The molecule has 0 amide bonds. The Labute approximate surface area is 113 Å². The predicted octanol–water partition coefficient (Wildman–Crippen LogP) is 2.73. The van der Waals surface area contributed by atoms with E-state index in [9.17, 15) is 0 Å². The number of rotatable bonds is 3. The molecule has 1 saturated heterocycles. The van der Waals surface area contributed by atoms with E-state index >= 15 is 0 Å². The van der Waals surface area contributed by atoms with Crippen LogP contribution >= 0.6 is 11.3 Å². The number of aryl methyl sites for hydroxylation is 1. The quantitative estimate of drug-likeness (QED) is 0.915. The first-order valence-corrected chi connectivity index (χ1v) is 7.82. The Morgan fingerprint density at radius 2 is 2.11 bits per heavy atom. The molecular formula is C14H22N2OS. The number of ether oxygens (including phenoxy) is 1. The molecule has 0 spiro atoms. The molecule has 0 aromatic carbocycles. The maximum Gasteiger partial charge on any atom is 0.0963 e. The third kappa shape index (κ3) is 2.00. The third-order valence-electron chi connectivity index (χ3n) is 4.57. The number of nitrogens with two attached hydrogens (primary N) is 1. The van der Waals surface area contributed by atoms with Gasteiger partial charge in [0.1, 0.15) is 0 Å². The number of thiazole rings is 1. The van der Waals surface area contributed by atoms with Gasteiger partial charge in [-0.1, -0.05) is 6.42 Å². The van der Waals surface area contributed by atoms with E-state index in [2.05, 4.69) is 6.92 Å². The largest absolute Gasteiger partial charge is 0.381 e. The fraction of sp³-hybridized carbons (Fsp3) is 0.786. The van der Waals surface area contributed by atoms with Crippen LogP contribution in [0.2, 0.25) is 0 Å². The summed E-state index contributed by atoms with van der Waals surface area (Å²) in [6, 6.07) is 0. The zero-order valence-electron chi connectivity index (χ0n) is 11.1. The SMILES string of the molecule is Cc1nc(C2CCOCC2)sc1C1(CN)CCC1. The van der Waals surface area contributed by atoms with Crippen molar-refractivity contribution in [3.05, 3.63) is 15.6 Å². The second-order valence-corrected chi connectivity index (χ2v) is 6.72. The zero-order chi connectivity index (χ0) is 12.6. The van der Waals surface area contributed by atoms with E-state index in [1.54, 1.807) is 0 Å². The lowest BCUT2D eigenvalue weighted by Gasteiger charge is -2.40. The number of nitrogens with zero attached hydrogens (tertiary/aromatic N) is 1. The summed E-state index contributed by atoms with van der Waals surface area (Å²) in [5.74, 6) is 0.617. The van der Waals surface area contributed by atoms with Crippen molar-refractivity contribution >= 4 is 11.3 Å². The van der Waals surface area contributed by atoms with Gasteiger partial charge in [0.25, 0.3) is 0 Å². The molecule has 3 rings (SSSR count). The summed E-state index contributed by atoms with van der Waals surface area (Å²) in [5.41, 5.74) is 7.51. The fourth-order valence-corrected chi connectivity index (χ4v) is 4.65. The van der Waals surface area contributed by atoms with Crippen LogP contribution in [-0.4, -0.2) is 24.7 Å². The van der Waals surface area contributed by atoms with Crippen LogP contribution in [0.1, 0.15) is 53.6 Å². The normalized spacial score (nSPS) is 23.9. The standard InChI is InChI=1S/C14H22N2OS/c1-10-12(14(9-15)5-2-6-14)18-13(16-10)11-3-7-17-8-4-11/h11H,2-9,15H2,1H3. The Bertz CT molecular complexity index is 414. The van der Waals surface area contributed by atoms with Gasteiger partial charge in [-0.2, -0.15) is 0 Å². The van der Waals surface area contributed by atoms with E-state index in [0.29, 0.717) is 5.92 Å². The minimum Gasteiger partial charge on any atom is -0.381 e. The number of hydrogen-bond acceptors (Lipinski definition) is 4. The molecule has 0 radical (unpaired) electrons. The lowest BCUT2D eigenvalue weighted by molar-refractivity contribution is 0.0852. The molecule has 1 aromatic heterocycles. The predicted molar refractivity (Wildman–Crippen MR) is 74.2 cm³/mol. The Morgan fingerprint density at radius 1 is 1.39 bits per heavy atom. The lowest BCUT2D eigenvalue weighted by atomic mass is 9.67. The van der Waals surface area contributed by atoms with Gasteiger partial charge >= 0.3 is 0 Å². The molecule has 4 heteroatoms. The highest BCUT2D eigenvalue weighted by atomic mass is 32.1. The molecule has 0 atom stereocenters. The van der Waals surface area contributed by atoms with Crippen LogP contribution in [0, 0.1) is 6.92 Å². The summed E-state index contributed by atoms with van der Waals surface area (Å²) in [6.45, 7) is 4.72. The van der Waals surface area contributed by atoms with E-state index in [4.69, 9.17) is 15.5 Å². The van der Waals surface area contributed by atoms with Crippen LogP contribution in [0.4, 0.5) is 0 Å². The molecule has 3 nitrogen and oxygen atoms in total. The number of aromatic nitrogens is 1. The van der Waals surface area contributed by atoms with Crippen molar-refractivity contribution < 1.29 is 4.74 Å². The molecule has 18 heavy (non-hydrogen) atoms. The van der Waals surface area contributed by atoms with Gasteiger partial charge in [-0.25, -0.2) is 4.98 Å². The summed E-state index contributed by atoms with van der Waals surface area (Å²) in [4.78, 5) is 6.31. The van der Waals surface area contributed by atoms with Crippen molar-refractivity contribution in [2.24, 2.45) is 5.73 Å². The lowest BCUT2D eigenvalue weighted by Crippen LogP contribution is -2.41. The molecule has 2 heterocycles. The van der Waals surface area contributed by atoms with Crippen LogP contribution in [-0.2, 0) is 10.2 Å². The molecular weight excluding hydrogens is 244 g/mol. The maximum atomic E-state index is 6.02. The average molecular weight is 266 g/mol. The first kappa shape index (κ1) is 12.6. The van der Waals surface area contributed by atoms with Gasteiger partial charge < -0.3 is 10.5 Å². The zero-order valence-corrected chi connectivity index (χ0v) is 11.9. The summed E-state index contributed by atoms with van der Waals surface area (Å²) in [7, 11) is 0. The summed E-state index contributed by atoms with van der Waals surface area (Å²) in [5, 5.41) is 1.32. The average Bonchev–Trinajstić information content (AvgIpc) is 2.73. The highest BCUT2D eigenvalue weighted by molar-refractivity contribution is 7.12. The third-order valence-corrected chi connectivity index (χ3v) is 6.13. The van der Waals surface area contributed by atoms with Gasteiger partial charge in [0.05, 0.1) is 10.7 Å².